The van der Waals surface area contributed by atoms with Crippen molar-refractivity contribution in [1.29, 1.82) is 0 Å². The predicted molar refractivity (Wildman–Crippen MR) is 83.9 cm³/mol. The Bertz CT molecular complexity index is 828. The molecule has 0 aromatic carbocycles. The Morgan fingerprint density at radius 1 is 1.27 bits per heavy atom. The molecule has 0 spiro atoms. The lowest BCUT2D eigenvalue weighted by Crippen LogP contribution is -2.40. The van der Waals surface area contributed by atoms with E-state index >= 15 is 0 Å². The molecule has 0 aliphatic heterocycles. The summed E-state index contributed by atoms with van der Waals surface area (Å²) in [6.45, 7) is -0.779. The van der Waals surface area contributed by atoms with Gasteiger partial charge in [0.1, 0.15) is 12.3 Å². The van der Waals surface area contributed by atoms with Gasteiger partial charge >= 0.3 is 6.18 Å². The molecule has 0 saturated heterocycles. The number of alkyl halides is 3. The van der Waals surface area contributed by atoms with Gasteiger partial charge < -0.3 is 19.2 Å². The summed E-state index contributed by atoms with van der Waals surface area (Å²) < 4.78 is 43.8. The molecule has 2 rings (SSSR count). The number of rotatable bonds is 6. The number of aromatic nitrogens is 1. The van der Waals surface area contributed by atoms with E-state index in [1.54, 1.807) is 12.1 Å². The van der Waals surface area contributed by atoms with Gasteiger partial charge in [0.25, 0.3) is 5.56 Å². The number of carbonyl (C=O) groups excluding carboxylic acids is 2. The smallest absolute Gasteiger partial charge is 0.417 e. The molecule has 2 amide bonds. The normalized spacial score (nSPS) is 11.2. The van der Waals surface area contributed by atoms with Crippen LogP contribution in [-0.2, 0) is 28.9 Å². The third-order valence-corrected chi connectivity index (χ3v) is 3.46. The fraction of sp³-hybridized carbons (Fsp3) is 0.312. The van der Waals surface area contributed by atoms with Gasteiger partial charge in [-0.25, -0.2) is 0 Å². The molecule has 0 aliphatic carbocycles. The Morgan fingerprint density at radius 2 is 2.00 bits per heavy atom. The third kappa shape index (κ3) is 5.23. The van der Waals surface area contributed by atoms with E-state index in [0.29, 0.717) is 22.6 Å². The molecular weight excluding hydrogens is 355 g/mol. The molecule has 0 aliphatic rings. The van der Waals surface area contributed by atoms with Crippen molar-refractivity contribution < 1.29 is 27.2 Å². The number of halogens is 3. The minimum Gasteiger partial charge on any atom is -0.467 e. The molecule has 7 nitrogen and oxygen atoms in total. The zero-order valence-electron chi connectivity index (χ0n) is 13.7. The number of amides is 2. The average Bonchev–Trinajstić information content (AvgIpc) is 3.07. The number of nitrogens with one attached hydrogen (secondary N) is 1. The molecule has 0 saturated carbocycles. The van der Waals surface area contributed by atoms with E-state index < -0.39 is 35.7 Å². The zero-order chi connectivity index (χ0) is 19.3. The summed E-state index contributed by atoms with van der Waals surface area (Å²) >= 11 is 0. The van der Waals surface area contributed by atoms with Gasteiger partial charge in [0.05, 0.1) is 24.9 Å². The second-order valence-corrected chi connectivity index (χ2v) is 5.49. The maximum absolute atomic E-state index is 12.7. The van der Waals surface area contributed by atoms with E-state index in [9.17, 15) is 27.6 Å². The maximum Gasteiger partial charge on any atom is 0.417 e. The van der Waals surface area contributed by atoms with Crippen molar-refractivity contribution in [3.8, 4) is 0 Å². The lowest BCUT2D eigenvalue weighted by Gasteiger charge is -2.18. The Hall–Kier alpha value is -3.04. The highest BCUT2D eigenvalue weighted by molar-refractivity contribution is 5.84. The first-order chi connectivity index (χ1) is 12.2. The summed E-state index contributed by atoms with van der Waals surface area (Å²) in [4.78, 5) is 36.5. The van der Waals surface area contributed by atoms with Crippen LogP contribution in [0, 0.1) is 0 Å². The summed E-state index contributed by atoms with van der Waals surface area (Å²) in [6, 6.07) is 4.71. The van der Waals surface area contributed by atoms with Gasteiger partial charge in [0, 0.05) is 19.3 Å². The van der Waals surface area contributed by atoms with E-state index in [0.717, 1.165) is 11.0 Å². The van der Waals surface area contributed by atoms with E-state index in [1.165, 1.54) is 13.3 Å². The van der Waals surface area contributed by atoms with Crippen molar-refractivity contribution in [1.82, 2.24) is 14.8 Å². The first-order valence-electron chi connectivity index (χ1n) is 7.47. The van der Waals surface area contributed by atoms with Crippen molar-refractivity contribution in [3.05, 3.63) is 58.4 Å². The van der Waals surface area contributed by atoms with Crippen LogP contribution in [-0.4, -0.2) is 34.9 Å². The van der Waals surface area contributed by atoms with Crippen LogP contribution in [0.3, 0.4) is 0 Å². The predicted octanol–water partition coefficient (Wildman–Crippen LogP) is 1.23. The summed E-state index contributed by atoms with van der Waals surface area (Å²) in [5.41, 5.74) is -1.79. The molecule has 0 unspecified atom stereocenters. The largest absolute Gasteiger partial charge is 0.467 e. The van der Waals surface area contributed by atoms with Gasteiger partial charge in [-0.05, 0) is 18.2 Å². The number of nitrogens with zero attached hydrogens (tertiary/aromatic N) is 2. The summed E-state index contributed by atoms with van der Waals surface area (Å²) in [6.07, 6.45) is -2.61. The van der Waals surface area contributed by atoms with E-state index in [4.69, 9.17) is 4.42 Å². The van der Waals surface area contributed by atoms with Gasteiger partial charge in [-0.15, -0.1) is 0 Å². The standard InChI is InChI=1S/C16H16F3N3O4/c1-21(9-13(23)20-7-12-3-2-6-26-12)15(25)10-22-8-11(16(17,18)19)4-5-14(22)24/h2-6,8H,7,9-10H2,1H3,(H,20,23). The molecule has 2 heterocycles. The van der Waals surface area contributed by atoms with E-state index in [2.05, 4.69) is 5.32 Å². The summed E-state index contributed by atoms with van der Waals surface area (Å²) in [7, 11) is 1.31. The monoisotopic (exact) mass is 371 g/mol. The molecule has 26 heavy (non-hydrogen) atoms. The van der Waals surface area contributed by atoms with Crippen LogP contribution >= 0.6 is 0 Å². The summed E-state index contributed by atoms with van der Waals surface area (Å²) in [5, 5.41) is 2.53. The van der Waals surface area contributed by atoms with E-state index in [-0.39, 0.29) is 13.1 Å². The second-order valence-electron chi connectivity index (χ2n) is 5.49. The van der Waals surface area contributed by atoms with Gasteiger partial charge in [0.2, 0.25) is 11.8 Å². The highest BCUT2D eigenvalue weighted by Crippen LogP contribution is 2.27. The number of pyridine rings is 1. The molecular formula is C16H16F3N3O4. The average molecular weight is 371 g/mol. The molecule has 10 heteroatoms. The second kappa shape index (κ2) is 7.89. The van der Waals surface area contributed by atoms with Gasteiger partial charge in [-0.1, -0.05) is 0 Å². The van der Waals surface area contributed by atoms with Crippen LogP contribution < -0.4 is 10.9 Å². The number of likely N-dealkylation sites (N-methyl/N-ethyl adjacent to an activating group) is 1. The van der Waals surface area contributed by atoms with Crippen LogP contribution in [0.25, 0.3) is 0 Å². The molecule has 0 fully saturated rings. The lowest BCUT2D eigenvalue weighted by molar-refractivity contribution is -0.138. The Kier molecular flexibility index (Phi) is 5.86. The zero-order valence-corrected chi connectivity index (χ0v) is 13.7. The number of hydrogen-bond donors (Lipinski definition) is 1. The topological polar surface area (TPSA) is 84.6 Å². The van der Waals surface area contributed by atoms with Crippen molar-refractivity contribution in [2.45, 2.75) is 19.3 Å². The van der Waals surface area contributed by atoms with Gasteiger partial charge in [-0.2, -0.15) is 13.2 Å². The van der Waals surface area contributed by atoms with Crippen molar-refractivity contribution in [2.24, 2.45) is 0 Å². The number of carbonyl (C=O) groups is 2. The van der Waals surface area contributed by atoms with E-state index in [1.807, 2.05) is 0 Å². The van der Waals surface area contributed by atoms with Crippen molar-refractivity contribution >= 4 is 11.8 Å². The third-order valence-electron chi connectivity index (χ3n) is 3.46. The molecule has 0 atom stereocenters. The van der Waals surface area contributed by atoms with Crippen LogP contribution in [0.2, 0.25) is 0 Å². The molecule has 1 N–H and O–H groups in total. The number of hydrogen-bond acceptors (Lipinski definition) is 4. The first kappa shape index (κ1) is 19.3. The Labute approximate surface area is 146 Å². The lowest BCUT2D eigenvalue weighted by atomic mass is 10.2. The first-order valence-corrected chi connectivity index (χ1v) is 7.47. The minimum absolute atomic E-state index is 0.140. The molecule has 0 radical (unpaired) electrons. The Balaban J connectivity index is 1.94. The van der Waals surface area contributed by atoms with Crippen LogP contribution in [0.15, 0.2) is 45.9 Å². The number of furan rings is 1. The minimum atomic E-state index is -4.63. The molecule has 140 valence electrons. The fourth-order valence-corrected chi connectivity index (χ4v) is 2.05. The van der Waals surface area contributed by atoms with Crippen molar-refractivity contribution in [2.75, 3.05) is 13.6 Å². The fourth-order valence-electron chi connectivity index (χ4n) is 2.05. The van der Waals surface area contributed by atoms with Crippen LogP contribution in [0.5, 0.6) is 0 Å². The van der Waals surface area contributed by atoms with Gasteiger partial charge in [0.15, 0.2) is 0 Å². The van der Waals surface area contributed by atoms with Gasteiger partial charge in [-0.3, -0.25) is 14.4 Å². The maximum atomic E-state index is 12.7. The summed E-state index contributed by atoms with van der Waals surface area (Å²) in [5.74, 6) is -0.629. The molecule has 2 aromatic rings. The van der Waals surface area contributed by atoms with Crippen LogP contribution in [0.4, 0.5) is 13.2 Å². The highest BCUT2D eigenvalue weighted by atomic mass is 19.4. The molecule has 2 aromatic heterocycles. The SMILES string of the molecule is CN(CC(=O)NCc1ccco1)C(=O)Cn1cc(C(F)(F)F)ccc1=O. The van der Waals surface area contributed by atoms with Crippen LogP contribution in [0.1, 0.15) is 11.3 Å². The van der Waals surface area contributed by atoms with Crippen molar-refractivity contribution in [3.63, 3.8) is 0 Å². The quantitative estimate of drug-likeness (QED) is 0.828. The Morgan fingerprint density at radius 3 is 2.62 bits per heavy atom. The highest BCUT2D eigenvalue weighted by Gasteiger charge is 2.31. The molecule has 0 bridgehead atoms.